The third kappa shape index (κ3) is 3.09. The smallest absolute Gasteiger partial charge is 0.268 e. The van der Waals surface area contributed by atoms with E-state index in [9.17, 15) is 4.79 Å². The molecule has 0 aliphatic rings. The third-order valence-electron chi connectivity index (χ3n) is 3.05. The van der Waals surface area contributed by atoms with Crippen LogP contribution in [0, 0.1) is 0 Å². The van der Waals surface area contributed by atoms with Gasteiger partial charge in [0.1, 0.15) is 11.5 Å². The lowest BCUT2D eigenvalue weighted by Crippen LogP contribution is -2.23. The maximum absolute atomic E-state index is 12.1. The number of benzene rings is 1. The van der Waals surface area contributed by atoms with Crippen molar-refractivity contribution < 1.29 is 4.79 Å². The van der Waals surface area contributed by atoms with E-state index in [1.807, 2.05) is 18.2 Å². The number of carbonyl (C=O) groups excluding carboxylic acids is 1. The first-order chi connectivity index (χ1) is 10.6. The number of halogens is 1. The van der Waals surface area contributed by atoms with E-state index in [0.717, 1.165) is 11.3 Å². The maximum Gasteiger partial charge on any atom is 0.268 e. The third-order valence-corrected chi connectivity index (χ3v) is 3.30. The number of nitrogens with two attached hydrogens (primary N) is 1. The summed E-state index contributed by atoms with van der Waals surface area (Å²) in [5.41, 5.74) is 7.64. The Balaban J connectivity index is 1.67. The van der Waals surface area contributed by atoms with Gasteiger partial charge >= 0.3 is 0 Å². The van der Waals surface area contributed by atoms with Crippen LogP contribution in [0.5, 0.6) is 0 Å². The molecule has 1 aromatic carbocycles. The van der Waals surface area contributed by atoms with Gasteiger partial charge in [0, 0.05) is 10.7 Å². The van der Waals surface area contributed by atoms with E-state index in [0.29, 0.717) is 16.5 Å². The molecular formula is C14H13ClN6O. The standard InChI is InChI=1S/C14H13ClN6O/c15-9-3-1-8(2-4-9)10-5-6-11(18-10)13(22)17-7-12-19-14(16)21-20-12/h1-6,18H,7H2,(H,17,22)(H3,16,19,20,21). The molecule has 3 aromatic rings. The molecule has 2 heterocycles. The molecule has 0 atom stereocenters. The number of nitrogen functional groups attached to an aromatic ring is 1. The van der Waals surface area contributed by atoms with Crippen molar-refractivity contribution in [2.75, 3.05) is 5.73 Å². The summed E-state index contributed by atoms with van der Waals surface area (Å²) in [6, 6.07) is 10.9. The predicted molar refractivity (Wildman–Crippen MR) is 83.2 cm³/mol. The molecule has 0 aliphatic heterocycles. The number of nitrogens with zero attached hydrogens (tertiary/aromatic N) is 2. The molecule has 8 heteroatoms. The average molecular weight is 317 g/mol. The van der Waals surface area contributed by atoms with Gasteiger partial charge in [-0.05, 0) is 29.8 Å². The van der Waals surface area contributed by atoms with Crippen LogP contribution in [0.1, 0.15) is 16.3 Å². The SMILES string of the molecule is Nc1n[nH]c(CNC(=O)c2ccc(-c3ccc(Cl)cc3)[nH]2)n1. The first kappa shape index (κ1) is 14.2. The van der Waals surface area contributed by atoms with Crippen LogP contribution in [-0.2, 0) is 6.54 Å². The Morgan fingerprint density at radius 1 is 1.23 bits per heavy atom. The summed E-state index contributed by atoms with van der Waals surface area (Å²) in [6.07, 6.45) is 0. The molecule has 2 aromatic heterocycles. The van der Waals surface area contributed by atoms with E-state index in [4.69, 9.17) is 17.3 Å². The molecule has 112 valence electrons. The van der Waals surface area contributed by atoms with Gasteiger partial charge in [0.2, 0.25) is 5.95 Å². The van der Waals surface area contributed by atoms with Crippen molar-refractivity contribution in [2.24, 2.45) is 0 Å². The number of rotatable bonds is 4. The number of nitrogens with one attached hydrogen (secondary N) is 3. The van der Waals surface area contributed by atoms with Crippen molar-refractivity contribution in [1.29, 1.82) is 0 Å². The first-order valence-electron chi connectivity index (χ1n) is 6.52. The minimum absolute atomic E-state index is 0.147. The van der Waals surface area contributed by atoms with Crippen molar-refractivity contribution in [3.8, 4) is 11.3 Å². The molecule has 0 spiro atoms. The second-order valence-electron chi connectivity index (χ2n) is 4.62. The van der Waals surface area contributed by atoms with E-state index in [-0.39, 0.29) is 18.4 Å². The highest BCUT2D eigenvalue weighted by Crippen LogP contribution is 2.20. The lowest BCUT2D eigenvalue weighted by molar-refractivity contribution is 0.0945. The number of aromatic amines is 2. The summed E-state index contributed by atoms with van der Waals surface area (Å²) in [5, 5.41) is 9.70. The van der Waals surface area contributed by atoms with E-state index in [1.165, 1.54) is 0 Å². The van der Waals surface area contributed by atoms with Crippen LogP contribution >= 0.6 is 11.6 Å². The largest absolute Gasteiger partial charge is 0.367 e. The van der Waals surface area contributed by atoms with Gasteiger partial charge in [0.05, 0.1) is 6.54 Å². The van der Waals surface area contributed by atoms with Gasteiger partial charge in [-0.25, -0.2) is 0 Å². The molecule has 0 saturated heterocycles. The fourth-order valence-corrected chi connectivity index (χ4v) is 2.10. The second kappa shape index (κ2) is 5.90. The highest BCUT2D eigenvalue weighted by atomic mass is 35.5. The molecule has 0 aliphatic carbocycles. The normalized spacial score (nSPS) is 10.6. The Kier molecular flexibility index (Phi) is 3.80. The van der Waals surface area contributed by atoms with Gasteiger partial charge in [-0.3, -0.25) is 9.89 Å². The zero-order valence-corrected chi connectivity index (χ0v) is 12.2. The molecule has 5 N–H and O–H groups in total. The molecule has 7 nitrogen and oxygen atoms in total. The molecule has 0 radical (unpaired) electrons. The molecule has 0 fully saturated rings. The molecule has 3 rings (SSSR count). The molecule has 22 heavy (non-hydrogen) atoms. The Morgan fingerprint density at radius 2 is 2.00 bits per heavy atom. The topological polar surface area (TPSA) is 112 Å². The number of anilines is 1. The summed E-state index contributed by atoms with van der Waals surface area (Å²) >= 11 is 5.86. The van der Waals surface area contributed by atoms with Crippen molar-refractivity contribution >= 4 is 23.5 Å². The van der Waals surface area contributed by atoms with Crippen LogP contribution in [-0.4, -0.2) is 26.1 Å². The lowest BCUT2D eigenvalue weighted by atomic mass is 10.2. The molecule has 0 saturated carbocycles. The van der Waals surface area contributed by atoms with Gasteiger partial charge < -0.3 is 16.0 Å². The van der Waals surface area contributed by atoms with Crippen LogP contribution in [0.15, 0.2) is 36.4 Å². The molecule has 0 unspecified atom stereocenters. The van der Waals surface area contributed by atoms with E-state index in [1.54, 1.807) is 18.2 Å². The van der Waals surface area contributed by atoms with Gasteiger partial charge in [-0.15, -0.1) is 5.10 Å². The van der Waals surface area contributed by atoms with Gasteiger partial charge in [0.15, 0.2) is 0 Å². The number of hydrogen-bond acceptors (Lipinski definition) is 4. The van der Waals surface area contributed by atoms with Crippen LogP contribution < -0.4 is 11.1 Å². The average Bonchev–Trinajstić information content (AvgIpc) is 3.15. The fourth-order valence-electron chi connectivity index (χ4n) is 1.97. The number of H-pyrrole nitrogens is 2. The number of amides is 1. The fraction of sp³-hybridized carbons (Fsp3) is 0.0714. The highest BCUT2D eigenvalue weighted by Gasteiger charge is 2.10. The number of carbonyl (C=O) groups is 1. The second-order valence-corrected chi connectivity index (χ2v) is 5.05. The zero-order valence-electron chi connectivity index (χ0n) is 11.4. The molecule has 1 amide bonds. The minimum Gasteiger partial charge on any atom is -0.367 e. The summed E-state index contributed by atoms with van der Waals surface area (Å²) < 4.78 is 0. The summed E-state index contributed by atoms with van der Waals surface area (Å²) in [5.74, 6) is 0.402. The Bertz CT molecular complexity index is 792. The monoisotopic (exact) mass is 316 g/mol. The van der Waals surface area contributed by atoms with E-state index >= 15 is 0 Å². The quantitative estimate of drug-likeness (QED) is 0.589. The summed E-state index contributed by atoms with van der Waals surface area (Å²) in [6.45, 7) is 0.221. The summed E-state index contributed by atoms with van der Waals surface area (Å²) in [4.78, 5) is 19.0. The van der Waals surface area contributed by atoms with Crippen molar-refractivity contribution in [3.63, 3.8) is 0 Å². The van der Waals surface area contributed by atoms with Gasteiger partial charge in [0.25, 0.3) is 5.91 Å². The van der Waals surface area contributed by atoms with Gasteiger partial charge in [-0.2, -0.15) is 4.98 Å². The number of aromatic nitrogens is 4. The van der Waals surface area contributed by atoms with Crippen LogP contribution in [0.3, 0.4) is 0 Å². The number of hydrogen-bond donors (Lipinski definition) is 4. The van der Waals surface area contributed by atoms with E-state index < -0.39 is 0 Å². The van der Waals surface area contributed by atoms with Crippen molar-refractivity contribution in [2.45, 2.75) is 6.54 Å². The van der Waals surface area contributed by atoms with Gasteiger partial charge in [-0.1, -0.05) is 23.7 Å². The minimum atomic E-state index is -0.241. The first-order valence-corrected chi connectivity index (χ1v) is 6.89. The molecular weight excluding hydrogens is 304 g/mol. The van der Waals surface area contributed by atoms with Crippen LogP contribution in [0.25, 0.3) is 11.3 Å². The molecule has 0 bridgehead atoms. The lowest BCUT2D eigenvalue weighted by Gasteiger charge is -2.01. The van der Waals surface area contributed by atoms with Crippen LogP contribution in [0.2, 0.25) is 5.02 Å². The van der Waals surface area contributed by atoms with Crippen molar-refractivity contribution in [3.05, 3.63) is 52.9 Å². The highest BCUT2D eigenvalue weighted by molar-refractivity contribution is 6.30. The Morgan fingerprint density at radius 3 is 2.68 bits per heavy atom. The van der Waals surface area contributed by atoms with Crippen molar-refractivity contribution in [1.82, 2.24) is 25.5 Å². The Labute approximate surface area is 130 Å². The maximum atomic E-state index is 12.1. The van der Waals surface area contributed by atoms with Crippen LogP contribution in [0.4, 0.5) is 5.95 Å². The zero-order chi connectivity index (χ0) is 15.5. The Hall–Kier alpha value is -2.80. The van der Waals surface area contributed by atoms with E-state index in [2.05, 4.69) is 25.5 Å². The summed E-state index contributed by atoms with van der Waals surface area (Å²) in [7, 11) is 0. The predicted octanol–water partition coefficient (Wildman–Crippen LogP) is 1.97.